The lowest BCUT2D eigenvalue weighted by Gasteiger charge is -2.17. The number of anilines is 1. The van der Waals surface area contributed by atoms with Crippen molar-refractivity contribution in [3.05, 3.63) is 28.2 Å². The van der Waals surface area contributed by atoms with Crippen LogP contribution in [0.3, 0.4) is 0 Å². The van der Waals surface area contributed by atoms with Gasteiger partial charge in [-0.3, -0.25) is 4.79 Å². The predicted molar refractivity (Wildman–Crippen MR) is 48.5 cm³/mol. The van der Waals surface area contributed by atoms with E-state index in [9.17, 15) is 4.79 Å². The minimum absolute atomic E-state index is 0.139. The van der Waals surface area contributed by atoms with E-state index in [4.69, 9.17) is 0 Å². The molecule has 0 atom stereocenters. The highest BCUT2D eigenvalue weighted by Gasteiger charge is 2.11. The van der Waals surface area contributed by atoms with Crippen LogP contribution in [0.2, 0.25) is 0 Å². The van der Waals surface area contributed by atoms with Gasteiger partial charge in [-0.05, 0) is 18.9 Å². The van der Waals surface area contributed by atoms with Crippen LogP contribution in [0.25, 0.3) is 0 Å². The summed E-state index contributed by atoms with van der Waals surface area (Å²) in [5, 5.41) is 3.22. The Balaban J connectivity index is 2.62. The third-order valence-electron chi connectivity index (χ3n) is 2.29. The molecule has 12 heavy (non-hydrogen) atoms. The van der Waals surface area contributed by atoms with Crippen molar-refractivity contribution in [2.24, 2.45) is 7.05 Å². The van der Waals surface area contributed by atoms with Crippen LogP contribution in [0.5, 0.6) is 0 Å². The van der Waals surface area contributed by atoms with Gasteiger partial charge >= 0.3 is 0 Å². The van der Waals surface area contributed by atoms with Crippen LogP contribution < -0.4 is 10.9 Å². The normalized spacial score (nSPS) is 15.1. The monoisotopic (exact) mass is 164 g/mol. The topological polar surface area (TPSA) is 34.0 Å². The summed E-state index contributed by atoms with van der Waals surface area (Å²) in [7, 11) is 1.79. The van der Waals surface area contributed by atoms with E-state index in [0.29, 0.717) is 0 Å². The van der Waals surface area contributed by atoms with E-state index in [2.05, 4.69) is 5.32 Å². The van der Waals surface area contributed by atoms with Gasteiger partial charge in [0.2, 0.25) is 0 Å². The molecule has 3 nitrogen and oxygen atoms in total. The number of pyridine rings is 1. The molecule has 0 fully saturated rings. The largest absolute Gasteiger partial charge is 0.385 e. The van der Waals surface area contributed by atoms with Gasteiger partial charge in [0.15, 0.2) is 0 Å². The van der Waals surface area contributed by atoms with Crippen LogP contribution in [0.15, 0.2) is 17.1 Å². The van der Waals surface area contributed by atoms with Crippen molar-refractivity contribution in [3.63, 3.8) is 0 Å². The summed E-state index contributed by atoms with van der Waals surface area (Å²) in [6, 6.07) is 1.97. The summed E-state index contributed by atoms with van der Waals surface area (Å²) >= 11 is 0. The average Bonchev–Trinajstić information content (AvgIpc) is 2.12. The molecule has 1 aromatic heterocycles. The Morgan fingerprint density at radius 1 is 1.58 bits per heavy atom. The van der Waals surface area contributed by atoms with Crippen molar-refractivity contribution in [2.45, 2.75) is 12.8 Å². The van der Waals surface area contributed by atoms with E-state index in [-0.39, 0.29) is 5.56 Å². The minimum atomic E-state index is 0.139. The summed E-state index contributed by atoms with van der Waals surface area (Å²) < 4.78 is 1.63. The molecular weight excluding hydrogens is 152 g/mol. The minimum Gasteiger partial charge on any atom is -0.385 e. The van der Waals surface area contributed by atoms with Crippen LogP contribution in [-0.4, -0.2) is 11.1 Å². The van der Waals surface area contributed by atoms with Crippen molar-refractivity contribution < 1.29 is 0 Å². The Morgan fingerprint density at radius 3 is 3.25 bits per heavy atom. The molecule has 64 valence electrons. The summed E-state index contributed by atoms with van der Waals surface area (Å²) in [6.07, 6.45) is 3.78. The molecule has 1 aliphatic heterocycles. The zero-order chi connectivity index (χ0) is 8.55. The zero-order valence-electron chi connectivity index (χ0n) is 7.13. The summed E-state index contributed by atoms with van der Waals surface area (Å²) in [5.74, 6) is 0. The highest BCUT2D eigenvalue weighted by molar-refractivity contribution is 5.51. The predicted octanol–water partition coefficient (Wildman–Crippen LogP) is 0.743. The lowest BCUT2D eigenvalue weighted by molar-refractivity contribution is 0.772. The first kappa shape index (κ1) is 7.40. The van der Waals surface area contributed by atoms with Crippen LogP contribution in [0, 0.1) is 0 Å². The Hall–Kier alpha value is -1.25. The number of fused-ring (bicyclic) bond motifs is 1. The van der Waals surface area contributed by atoms with Crippen LogP contribution in [0.1, 0.15) is 12.0 Å². The fourth-order valence-corrected chi connectivity index (χ4v) is 1.58. The number of hydrogen-bond donors (Lipinski definition) is 1. The first-order chi connectivity index (χ1) is 5.79. The van der Waals surface area contributed by atoms with E-state index < -0.39 is 0 Å². The van der Waals surface area contributed by atoms with Crippen molar-refractivity contribution >= 4 is 5.69 Å². The number of rotatable bonds is 0. The quantitative estimate of drug-likeness (QED) is 0.613. The van der Waals surface area contributed by atoms with Gasteiger partial charge in [-0.2, -0.15) is 0 Å². The first-order valence-corrected chi connectivity index (χ1v) is 4.21. The van der Waals surface area contributed by atoms with E-state index in [1.807, 2.05) is 6.07 Å². The molecule has 3 heteroatoms. The van der Waals surface area contributed by atoms with Crippen molar-refractivity contribution in [3.8, 4) is 0 Å². The maximum absolute atomic E-state index is 11.5. The molecule has 2 heterocycles. The molecular formula is C9H12N2O. The molecule has 0 saturated carbocycles. The van der Waals surface area contributed by atoms with Gasteiger partial charge in [-0.25, -0.2) is 0 Å². The van der Waals surface area contributed by atoms with E-state index in [1.165, 1.54) is 0 Å². The number of nitrogens with zero attached hydrogens (tertiary/aromatic N) is 1. The Bertz CT molecular complexity index is 354. The summed E-state index contributed by atoms with van der Waals surface area (Å²) in [6.45, 7) is 0.986. The molecule has 0 amide bonds. The van der Waals surface area contributed by atoms with Gasteiger partial charge in [-0.15, -0.1) is 0 Å². The molecule has 0 saturated heterocycles. The molecule has 1 aliphatic rings. The SMILES string of the molecule is Cn1ccc2c(c1=O)CCCN2. The maximum atomic E-state index is 11.5. The number of nitrogens with one attached hydrogen (secondary N) is 1. The van der Waals surface area contributed by atoms with Crippen LogP contribution >= 0.6 is 0 Å². The molecule has 1 aromatic rings. The molecule has 0 unspecified atom stereocenters. The summed E-state index contributed by atoms with van der Waals surface area (Å²) in [5.41, 5.74) is 2.09. The average molecular weight is 164 g/mol. The van der Waals surface area contributed by atoms with Gasteiger partial charge < -0.3 is 9.88 Å². The third kappa shape index (κ3) is 1.02. The molecule has 0 bridgehead atoms. The van der Waals surface area contributed by atoms with E-state index in [0.717, 1.165) is 30.6 Å². The maximum Gasteiger partial charge on any atom is 0.255 e. The Morgan fingerprint density at radius 2 is 2.42 bits per heavy atom. The number of aryl methyl sites for hydroxylation is 1. The second kappa shape index (κ2) is 2.66. The summed E-state index contributed by atoms with van der Waals surface area (Å²) in [4.78, 5) is 11.5. The lowest BCUT2D eigenvalue weighted by Crippen LogP contribution is -2.25. The Labute approximate surface area is 71.0 Å². The van der Waals surface area contributed by atoms with Crippen molar-refractivity contribution in [1.82, 2.24) is 4.57 Å². The molecule has 0 radical (unpaired) electrons. The fourth-order valence-electron chi connectivity index (χ4n) is 1.58. The first-order valence-electron chi connectivity index (χ1n) is 4.21. The lowest BCUT2D eigenvalue weighted by atomic mass is 10.1. The van der Waals surface area contributed by atoms with Crippen LogP contribution in [0.4, 0.5) is 5.69 Å². The Kier molecular flexibility index (Phi) is 1.64. The van der Waals surface area contributed by atoms with Gasteiger partial charge in [0.25, 0.3) is 5.56 Å². The highest BCUT2D eigenvalue weighted by Crippen LogP contribution is 2.16. The smallest absolute Gasteiger partial charge is 0.255 e. The number of hydrogen-bond acceptors (Lipinski definition) is 2. The molecule has 0 spiro atoms. The molecule has 0 aliphatic carbocycles. The van der Waals surface area contributed by atoms with E-state index in [1.54, 1.807) is 17.8 Å². The molecule has 0 aromatic carbocycles. The van der Waals surface area contributed by atoms with Gasteiger partial charge in [0.1, 0.15) is 0 Å². The highest BCUT2D eigenvalue weighted by atomic mass is 16.1. The van der Waals surface area contributed by atoms with Crippen molar-refractivity contribution in [1.29, 1.82) is 0 Å². The van der Waals surface area contributed by atoms with Gasteiger partial charge in [-0.1, -0.05) is 0 Å². The third-order valence-corrected chi connectivity index (χ3v) is 2.29. The van der Waals surface area contributed by atoms with Gasteiger partial charge in [0, 0.05) is 31.0 Å². The van der Waals surface area contributed by atoms with Crippen LogP contribution in [-0.2, 0) is 13.5 Å². The fraction of sp³-hybridized carbons (Fsp3) is 0.444. The molecule has 2 rings (SSSR count). The molecule has 1 N–H and O–H groups in total. The van der Waals surface area contributed by atoms with Crippen molar-refractivity contribution in [2.75, 3.05) is 11.9 Å². The zero-order valence-corrected chi connectivity index (χ0v) is 7.13. The second-order valence-corrected chi connectivity index (χ2v) is 3.15. The second-order valence-electron chi connectivity index (χ2n) is 3.15. The van der Waals surface area contributed by atoms with E-state index >= 15 is 0 Å². The number of aromatic nitrogens is 1. The standard InChI is InChI=1S/C9H12N2O/c1-11-6-4-8-7(9(11)12)3-2-5-10-8/h4,6,10H,2-3,5H2,1H3. The van der Waals surface area contributed by atoms with Gasteiger partial charge in [0.05, 0.1) is 0 Å².